The highest BCUT2D eigenvalue weighted by Crippen LogP contribution is 2.21. The van der Waals surface area contributed by atoms with Crippen LogP contribution in [-0.2, 0) is 6.54 Å². The molecule has 2 heterocycles. The average Bonchev–Trinajstić information content (AvgIpc) is 3.09. The van der Waals surface area contributed by atoms with E-state index in [9.17, 15) is 4.79 Å². The molecular formula is C19H24N4O2. The number of oxazole rings is 1. The topological polar surface area (TPSA) is 61.6 Å². The lowest BCUT2D eigenvalue weighted by Gasteiger charge is -2.36. The summed E-state index contributed by atoms with van der Waals surface area (Å²) in [6, 6.07) is 8.47. The quantitative estimate of drug-likeness (QED) is 0.817. The second kappa shape index (κ2) is 7.98. The summed E-state index contributed by atoms with van der Waals surface area (Å²) in [4.78, 5) is 20.8. The van der Waals surface area contributed by atoms with Crippen molar-refractivity contribution in [2.24, 2.45) is 0 Å². The Morgan fingerprint density at radius 2 is 2.08 bits per heavy atom. The van der Waals surface area contributed by atoms with E-state index in [0.29, 0.717) is 24.7 Å². The largest absolute Gasteiger partial charge is 0.447 e. The minimum absolute atomic E-state index is 0.237. The molecule has 1 aliphatic heterocycles. The van der Waals surface area contributed by atoms with Gasteiger partial charge >= 0.3 is 0 Å². The van der Waals surface area contributed by atoms with Gasteiger partial charge in [-0.15, -0.1) is 6.58 Å². The molecule has 6 heteroatoms. The van der Waals surface area contributed by atoms with Gasteiger partial charge in [-0.2, -0.15) is 0 Å². The molecule has 0 unspecified atom stereocenters. The van der Waals surface area contributed by atoms with Crippen LogP contribution in [0.15, 0.2) is 47.6 Å². The maximum absolute atomic E-state index is 11.8. The monoisotopic (exact) mass is 340 g/mol. The summed E-state index contributed by atoms with van der Waals surface area (Å²) in [5, 5.41) is 2.70. The molecule has 1 aromatic heterocycles. The van der Waals surface area contributed by atoms with Gasteiger partial charge in [-0.1, -0.05) is 24.3 Å². The molecule has 25 heavy (non-hydrogen) atoms. The van der Waals surface area contributed by atoms with Crippen LogP contribution in [0.3, 0.4) is 0 Å². The summed E-state index contributed by atoms with van der Waals surface area (Å²) in [7, 11) is 0. The van der Waals surface area contributed by atoms with Crippen molar-refractivity contribution in [3.8, 4) is 0 Å². The summed E-state index contributed by atoms with van der Waals surface area (Å²) in [5.74, 6) is 0.340. The zero-order chi connectivity index (χ0) is 17.6. The van der Waals surface area contributed by atoms with E-state index >= 15 is 0 Å². The van der Waals surface area contributed by atoms with E-state index in [1.54, 1.807) is 6.08 Å². The van der Waals surface area contributed by atoms with Crippen LogP contribution in [-0.4, -0.2) is 48.5 Å². The van der Waals surface area contributed by atoms with Crippen LogP contribution in [0.1, 0.15) is 21.9 Å². The number of hydrogen-bond donors (Lipinski definition) is 1. The molecular weight excluding hydrogens is 316 g/mol. The molecule has 0 atom stereocenters. The molecule has 1 aliphatic rings. The van der Waals surface area contributed by atoms with Crippen LogP contribution in [0.25, 0.3) is 0 Å². The summed E-state index contributed by atoms with van der Waals surface area (Å²) in [5.41, 5.74) is 2.92. The molecule has 0 aliphatic carbocycles. The number of rotatable bonds is 6. The summed E-state index contributed by atoms with van der Waals surface area (Å²) >= 11 is 0. The molecule has 0 spiro atoms. The number of amides is 1. The standard InChI is InChI=1S/C19H24N4O2/c1-3-8-20-19(24)16-14-25-18(21-16)13-22-9-11-23(12-10-22)17-7-5-4-6-15(17)2/h3-7,14H,1,8-13H2,2H3,(H,20,24). The molecule has 0 bridgehead atoms. The number of hydrogen-bond acceptors (Lipinski definition) is 5. The number of nitrogens with zero attached hydrogens (tertiary/aromatic N) is 3. The Balaban J connectivity index is 1.53. The number of para-hydroxylation sites is 1. The summed E-state index contributed by atoms with van der Waals surface area (Å²) in [6.45, 7) is 10.6. The van der Waals surface area contributed by atoms with E-state index in [1.807, 2.05) is 0 Å². The van der Waals surface area contributed by atoms with E-state index in [0.717, 1.165) is 26.2 Å². The van der Waals surface area contributed by atoms with Crippen LogP contribution in [0.2, 0.25) is 0 Å². The number of nitrogens with one attached hydrogen (secondary N) is 1. The van der Waals surface area contributed by atoms with Crippen molar-refractivity contribution in [3.63, 3.8) is 0 Å². The second-order valence-electron chi connectivity index (χ2n) is 6.17. The van der Waals surface area contributed by atoms with Crippen LogP contribution in [0.5, 0.6) is 0 Å². The van der Waals surface area contributed by atoms with E-state index in [1.165, 1.54) is 17.5 Å². The Morgan fingerprint density at radius 3 is 2.80 bits per heavy atom. The van der Waals surface area contributed by atoms with Gasteiger partial charge in [0.25, 0.3) is 5.91 Å². The first kappa shape index (κ1) is 17.2. The highest BCUT2D eigenvalue weighted by Gasteiger charge is 2.20. The third kappa shape index (κ3) is 4.28. The number of piperazine rings is 1. The lowest BCUT2D eigenvalue weighted by molar-refractivity contribution is 0.0953. The molecule has 0 saturated carbocycles. The van der Waals surface area contributed by atoms with Gasteiger partial charge in [-0.3, -0.25) is 9.69 Å². The number of carbonyl (C=O) groups is 1. The maximum atomic E-state index is 11.8. The Labute approximate surface area is 148 Å². The molecule has 1 aromatic carbocycles. The van der Waals surface area contributed by atoms with Gasteiger partial charge in [0.2, 0.25) is 5.89 Å². The fraction of sp³-hybridized carbons (Fsp3) is 0.368. The first-order valence-corrected chi connectivity index (χ1v) is 8.54. The van der Waals surface area contributed by atoms with Crippen molar-refractivity contribution < 1.29 is 9.21 Å². The molecule has 0 radical (unpaired) electrons. The van der Waals surface area contributed by atoms with Gasteiger partial charge in [0, 0.05) is 38.4 Å². The van der Waals surface area contributed by atoms with Gasteiger partial charge in [0.05, 0.1) is 6.54 Å². The Kier molecular flexibility index (Phi) is 5.50. The van der Waals surface area contributed by atoms with E-state index < -0.39 is 0 Å². The van der Waals surface area contributed by atoms with Crippen molar-refractivity contribution >= 4 is 11.6 Å². The van der Waals surface area contributed by atoms with Crippen LogP contribution < -0.4 is 10.2 Å². The third-order valence-corrected chi connectivity index (χ3v) is 4.38. The minimum Gasteiger partial charge on any atom is -0.447 e. The minimum atomic E-state index is -0.237. The third-order valence-electron chi connectivity index (χ3n) is 4.38. The first-order chi connectivity index (χ1) is 12.2. The number of aryl methyl sites for hydroxylation is 1. The van der Waals surface area contributed by atoms with Gasteiger partial charge in [0.1, 0.15) is 6.26 Å². The average molecular weight is 340 g/mol. The van der Waals surface area contributed by atoms with Crippen molar-refractivity contribution in [2.75, 3.05) is 37.6 Å². The number of carbonyl (C=O) groups excluding carboxylic acids is 1. The maximum Gasteiger partial charge on any atom is 0.273 e. The van der Waals surface area contributed by atoms with Crippen molar-refractivity contribution in [1.29, 1.82) is 0 Å². The summed E-state index contributed by atoms with van der Waals surface area (Å²) < 4.78 is 5.45. The predicted molar refractivity (Wildman–Crippen MR) is 97.7 cm³/mol. The number of aromatic nitrogens is 1. The van der Waals surface area contributed by atoms with Gasteiger partial charge in [0.15, 0.2) is 5.69 Å². The van der Waals surface area contributed by atoms with Gasteiger partial charge in [-0.05, 0) is 18.6 Å². The zero-order valence-corrected chi connectivity index (χ0v) is 14.6. The summed E-state index contributed by atoms with van der Waals surface area (Å²) in [6.07, 6.45) is 3.05. The molecule has 6 nitrogen and oxygen atoms in total. The lowest BCUT2D eigenvalue weighted by Crippen LogP contribution is -2.46. The molecule has 1 N–H and O–H groups in total. The smallest absolute Gasteiger partial charge is 0.273 e. The highest BCUT2D eigenvalue weighted by atomic mass is 16.3. The van der Waals surface area contributed by atoms with Crippen LogP contribution in [0.4, 0.5) is 5.69 Å². The zero-order valence-electron chi connectivity index (χ0n) is 14.6. The molecule has 1 fully saturated rings. The SMILES string of the molecule is C=CCNC(=O)c1coc(CN2CCN(c3ccccc3C)CC2)n1. The number of anilines is 1. The normalized spacial score (nSPS) is 15.2. The number of benzene rings is 1. The Bertz CT molecular complexity index is 733. The molecule has 1 amide bonds. The fourth-order valence-electron chi connectivity index (χ4n) is 3.00. The van der Waals surface area contributed by atoms with Crippen molar-refractivity contribution in [3.05, 3.63) is 60.3 Å². The Hall–Kier alpha value is -2.60. The molecule has 1 saturated heterocycles. The van der Waals surface area contributed by atoms with Crippen LogP contribution in [0, 0.1) is 6.92 Å². The van der Waals surface area contributed by atoms with Crippen molar-refractivity contribution in [2.45, 2.75) is 13.5 Å². The molecule has 3 rings (SSSR count). The van der Waals surface area contributed by atoms with E-state index in [-0.39, 0.29) is 5.91 Å². The van der Waals surface area contributed by atoms with Crippen molar-refractivity contribution in [1.82, 2.24) is 15.2 Å². The van der Waals surface area contributed by atoms with Gasteiger partial charge in [-0.25, -0.2) is 4.98 Å². The second-order valence-corrected chi connectivity index (χ2v) is 6.17. The highest BCUT2D eigenvalue weighted by molar-refractivity contribution is 5.91. The molecule has 132 valence electrons. The van der Waals surface area contributed by atoms with E-state index in [4.69, 9.17) is 4.42 Å². The fourth-order valence-corrected chi connectivity index (χ4v) is 3.00. The van der Waals surface area contributed by atoms with E-state index in [2.05, 4.69) is 57.9 Å². The van der Waals surface area contributed by atoms with Gasteiger partial charge < -0.3 is 14.6 Å². The Morgan fingerprint density at radius 1 is 1.32 bits per heavy atom. The lowest BCUT2D eigenvalue weighted by atomic mass is 10.1. The first-order valence-electron chi connectivity index (χ1n) is 8.54. The molecule has 2 aromatic rings. The predicted octanol–water partition coefficient (Wildman–Crippen LogP) is 2.22. The van der Waals surface area contributed by atoms with Crippen LogP contribution >= 0.6 is 0 Å².